The van der Waals surface area contributed by atoms with Crippen molar-refractivity contribution in [3.63, 3.8) is 0 Å². The van der Waals surface area contributed by atoms with E-state index in [2.05, 4.69) is 15.3 Å². The van der Waals surface area contributed by atoms with Crippen LogP contribution in [0.25, 0.3) is 0 Å². The average molecular weight is 207 g/mol. The highest BCUT2D eigenvalue weighted by Crippen LogP contribution is 2.41. The van der Waals surface area contributed by atoms with Crippen molar-refractivity contribution in [2.75, 3.05) is 19.5 Å². The second kappa shape index (κ2) is 4.14. The van der Waals surface area contributed by atoms with Crippen LogP contribution in [-0.2, 0) is 4.74 Å². The average Bonchev–Trinajstić information content (AvgIpc) is 3.02. The molecule has 4 nitrogen and oxygen atoms in total. The van der Waals surface area contributed by atoms with E-state index < -0.39 is 0 Å². The van der Waals surface area contributed by atoms with E-state index in [1.165, 1.54) is 12.8 Å². The Morgan fingerprint density at radius 1 is 1.47 bits per heavy atom. The molecule has 0 aromatic carbocycles. The molecule has 0 amide bonds. The SMILES string of the molecule is CNc1cc(C)nc(C(OC)C2CC2)n1. The summed E-state index contributed by atoms with van der Waals surface area (Å²) in [5.41, 5.74) is 0.979. The van der Waals surface area contributed by atoms with Gasteiger partial charge in [-0.3, -0.25) is 0 Å². The van der Waals surface area contributed by atoms with Crippen molar-refractivity contribution in [1.29, 1.82) is 0 Å². The second-order valence-corrected chi connectivity index (χ2v) is 4.00. The second-order valence-electron chi connectivity index (χ2n) is 4.00. The molecule has 0 spiro atoms. The number of nitrogens with one attached hydrogen (secondary N) is 1. The molecule has 1 fully saturated rings. The van der Waals surface area contributed by atoms with Crippen molar-refractivity contribution >= 4 is 5.82 Å². The minimum Gasteiger partial charge on any atom is -0.373 e. The lowest BCUT2D eigenvalue weighted by atomic mass is 10.2. The van der Waals surface area contributed by atoms with E-state index in [1.807, 2.05) is 20.0 Å². The highest BCUT2D eigenvalue weighted by atomic mass is 16.5. The molecule has 0 saturated heterocycles. The zero-order valence-corrected chi connectivity index (χ0v) is 9.45. The molecule has 0 radical (unpaired) electrons. The van der Waals surface area contributed by atoms with Gasteiger partial charge in [-0.25, -0.2) is 9.97 Å². The largest absolute Gasteiger partial charge is 0.373 e. The summed E-state index contributed by atoms with van der Waals surface area (Å²) in [6.45, 7) is 1.98. The predicted molar refractivity (Wildman–Crippen MR) is 58.8 cm³/mol. The number of aryl methyl sites for hydroxylation is 1. The molecule has 1 aliphatic carbocycles. The number of rotatable bonds is 4. The number of nitrogens with zero attached hydrogens (tertiary/aromatic N) is 2. The number of anilines is 1. The summed E-state index contributed by atoms with van der Waals surface area (Å²) in [7, 11) is 3.60. The molecule has 1 heterocycles. The van der Waals surface area contributed by atoms with Crippen molar-refractivity contribution in [2.45, 2.75) is 25.9 Å². The molecule has 1 saturated carbocycles. The summed E-state index contributed by atoms with van der Waals surface area (Å²) in [5.74, 6) is 2.28. The molecule has 4 heteroatoms. The van der Waals surface area contributed by atoms with Gasteiger partial charge in [-0.15, -0.1) is 0 Å². The molecular formula is C11H17N3O. The predicted octanol–water partition coefficient (Wildman–Crippen LogP) is 1.92. The first-order valence-corrected chi connectivity index (χ1v) is 5.30. The van der Waals surface area contributed by atoms with Gasteiger partial charge in [-0.05, 0) is 25.7 Å². The molecule has 1 atom stereocenters. The molecule has 1 aromatic heterocycles. The zero-order valence-electron chi connectivity index (χ0n) is 9.45. The molecule has 15 heavy (non-hydrogen) atoms. The number of methoxy groups -OCH3 is 1. The van der Waals surface area contributed by atoms with Gasteiger partial charge in [0.1, 0.15) is 11.9 Å². The van der Waals surface area contributed by atoms with Crippen LogP contribution in [0.2, 0.25) is 0 Å². The van der Waals surface area contributed by atoms with Crippen LogP contribution in [0.5, 0.6) is 0 Å². The first-order valence-electron chi connectivity index (χ1n) is 5.30. The lowest BCUT2D eigenvalue weighted by Gasteiger charge is -2.14. The quantitative estimate of drug-likeness (QED) is 0.819. The lowest BCUT2D eigenvalue weighted by molar-refractivity contribution is 0.0772. The Bertz CT molecular complexity index is 350. The Labute approximate surface area is 90.1 Å². The third-order valence-corrected chi connectivity index (χ3v) is 2.69. The summed E-state index contributed by atoms with van der Waals surface area (Å²) in [6, 6.07) is 1.93. The summed E-state index contributed by atoms with van der Waals surface area (Å²) in [5, 5.41) is 3.04. The van der Waals surface area contributed by atoms with Crippen LogP contribution < -0.4 is 5.32 Å². The maximum absolute atomic E-state index is 5.46. The molecular weight excluding hydrogens is 190 g/mol. The van der Waals surface area contributed by atoms with Crippen molar-refractivity contribution in [2.24, 2.45) is 5.92 Å². The number of aromatic nitrogens is 2. The Morgan fingerprint density at radius 3 is 2.73 bits per heavy atom. The smallest absolute Gasteiger partial charge is 0.159 e. The fourth-order valence-electron chi connectivity index (χ4n) is 1.75. The van der Waals surface area contributed by atoms with Crippen molar-refractivity contribution in [3.8, 4) is 0 Å². The lowest BCUT2D eigenvalue weighted by Crippen LogP contribution is -2.11. The van der Waals surface area contributed by atoms with E-state index in [9.17, 15) is 0 Å². The van der Waals surface area contributed by atoms with E-state index in [1.54, 1.807) is 7.11 Å². The van der Waals surface area contributed by atoms with Crippen LogP contribution in [0, 0.1) is 12.8 Å². The Kier molecular flexibility index (Phi) is 2.86. The first kappa shape index (κ1) is 10.4. The van der Waals surface area contributed by atoms with E-state index >= 15 is 0 Å². The van der Waals surface area contributed by atoms with Crippen molar-refractivity contribution in [3.05, 3.63) is 17.6 Å². The molecule has 1 aliphatic rings. The van der Waals surface area contributed by atoms with E-state index in [0.717, 1.165) is 17.3 Å². The summed E-state index contributed by atoms with van der Waals surface area (Å²) in [4.78, 5) is 8.88. The maximum Gasteiger partial charge on any atom is 0.159 e. The van der Waals surface area contributed by atoms with Crippen molar-refractivity contribution in [1.82, 2.24) is 9.97 Å². The van der Waals surface area contributed by atoms with Gasteiger partial charge in [0.05, 0.1) is 0 Å². The van der Waals surface area contributed by atoms with E-state index in [4.69, 9.17) is 4.74 Å². The van der Waals surface area contributed by atoms with Gasteiger partial charge in [-0.1, -0.05) is 0 Å². The first-order chi connectivity index (χ1) is 7.24. The molecule has 1 unspecified atom stereocenters. The summed E-state index contributed by atoms with van der Waals surface area (Å²) in [6.07, 6.45) is 2.52. The molecule has 82 valence electrons. The summed E-state index contributed by atoms with van der Waals surface area (Å²) < 4.78 is 5.46. The third kappa shape index (κ3) is 2.26. The fourth-order valence-corrected chi connectivity index (χ4v) is 1.75. The van der Waals surface area contributed by atoms with Crippen LogP contribution in [0.15, 0.2) is 6.07 Å². The Balaban J connectivity index is 2.28. The van der Waals surface area contributed by atoms with Gasteiger partial charge in [0.15, 0.2) is 5.82 Å². The number of ether oxygens (including phenoxy) is 1. The van der Waals surface area contributed by atoms with Gasteiger partial charge in [0, 0.05) is 25.9 Å². The van der Waals surface area contributed by atoms with Crippen LogP contribution in [0.4, 0.5) is 5.82 Å². The zero-order chi connectivity index (χ0) is 10.8. The molecule has 2 rings (SSSR count). The van der Waals surface area contributed by atoms with Gasteiger partial charge >= 0.3 is 0 Å². The molecule has 0 aliphatic heterocycles. The molecule has 1 N–H and O–H groups in total. The Morgan fingerprint density at radius 2 is 2.20 bits per heavy atom. The monoisotopic (exact) mass is 207 g/mol. The highest BCUT2D eigenvalue weighted by Gasteiger charge is 2.34. The normalized spacial score (nSPS) is 17.5. The topological polar surface area (TPSA) is 47.0 Å². The molecule has 1 aromatic rings. The summed E-state index contributed by atoms with van der Waals surface area (Å²) >= 11 is 0. The molecule has 0 bridgehead atoms. The maximum atomic E-state index is 5.46. The van der Waals surface area contributed by atoms with Gasteiger partial charge in [0.25, 0.3) is 0 Å². The van der Waals surface area contributed by atoms with Gasteiger partial charge in [0.2, 0.25) is 0 Å². The number of hydrogen-bond donors (Lipinski definition) is 1. The van der Waals surface area contributed by atoms with Crippen LogP contribution >= 0.6 is 0 Å². The van der Waals surface area contributed by atoms with Gasteiger partial charge in [-0.2, -0.15) is 0 Å². The van der Waals surface area contributed by atoms with Crippen LogP contribution in [0.1, 0.15) is 30.5 Å². The Hall–Kier alpha value is -1.16. The fraction of sp³-hybridized carbons (Fsp3) is 0.636. The van der Waals surface area contributed by atoms with Crippen LogP contribution in [-0.4, -0.2) is 24.1 Å². The van der Waals surface area contributed by atoms with E-state index in [-0.39, 0.29) is 6.10 Å². The van der Waals surface area contributed by atoms with Crippen LogP contribution in [0.3, 0.4) is 0 Å². The minimum atomic E-state index is 0.0667. The third-order valence-electron chi connectivity index (χ3n) is 2.69. The highest BCUT2D eigenvalue weighted by molar-refractivity contribution is 5.35. The number of hydrogen-bond acceptors (Lipinski definition) is 4. The van der Waals surface area contributed by atoms with Crippen molar-refractivity contribution < 1.29 is 4.74 Å². The van der Waals surface area contributed by atoms with E-state index in [0.29, 0.717) is 5.92 Å². The standard InChI is InChI=1S/C11H17N3O/c1-7-6-9(12-2)14-11(13-7)10(15-3)8-4-5-8/h6,8,10H,4-5H2,1-3H3,(H,12,13,14). The van der Waals surface area contributed by atoms with Gasteiger partial charge < -0.3 is 10.1 Å². The minimum absolute atomic E-state index is 0.0667.